The molecule has 1 aromatic heterocycles. The lowest BCUT2D eigenvalue weighted by Gasteiger charge is -2.39. The molecule has 2 aromatic carbocycles. The first-order chi connectivity index (χ1) is 13.5. The Morgan fingerprint density at radius 3 is 2.54 bits per heavy atom. The predicted octanol–water partition coefficient (Wildman–Crippen LogP) is 0.948. The summed E-state index contributed by atoms with van der Waals surface area (Å²) in [6.45, 7) is -0.590. The summed E-state index contributed by atoms with van der Waals surface area (Å²) in [6, 6.07) is 13.9. The van der Waals surface area contributed by atoms with E-state index in [0.717, 1.165) is 10.9 Å². The van der Waals surface area contributed by atoms with Crippen molar-refractivity contribution >= 4 is 10.9 Å². The molecule has 0 amide bonds. The van der Waals surface area contributed by atoms with Crippen LogP contribution in [0.5, 0.6) is 5.75 Å². The number of rotatable bonds is 4. The Hall–Kier alpha value is -2.49. The van der Waals surface area contributed by atoms with Crippen molar-refractivity contribution < 1.29 is 34.3 Å². The molecule has 0 saturated carbocycles. The number of aliphatic hydroxyl groups is 4. The summed E-state index contributed by atoms with van der Waals surface area (Å²) in [6.07, 6.45) is -5.44. The second-order valence-corrected chi connectivity index (χ2v) is 6.67. The van der Waals surface area contributed by atoms with Crippen LogP contribution in [0, 0.1) is 5.82 Å². The van der Waals surface area contributed by atoms with Gasteiger partial charge in [0.15, 0.2) is 11.6 Å². The van der Waals surface area contributed by atoms with Gasteiger partial charge in [-0.2, -0.15) is 0 Å². The first-order valence-electron chi connectivity index (χ1n) is 8.83. The minimum Gasteiger partial charge on any atom is -0.459 e. The van der Waals surface area contributed by atoms with Gasteiger partial charge in [-0.15, -0.1) is 0 Å². The van der Waals surface area contributed by atoms with Gasteiger partial charge < -0.3 is 34.5 Å². The van der Waals surface area contributed by atoms with E-state index in [1.165, 1.54) is 12.1 Å². The van der Waals surface area contributed by atoms with E-state index in [0.29, 0.717) is 5.69 Å². The molecular weight excluding hydrogens is 369 g/mol. The topological polar surface area (TPSA) is 104 Å². The van der Waals surface area contributed by atoms with Gasteiger partial charge in [-0.3, -0.25) is 0 Å². The van der Waals surface area contributed by atoms with Crippen LogP contribution in [0.1, 0.15) is 0 Å². The summed E-state index contributed by atoms with van der Waals surface area (Å²) in [4.78, 5) is 0. The molecule has 1 fully saturated rings. The third kappa shape index (κ3) is 3.25. The molecule has 0 spiro atoms. The van der Waals surface area contributed by atoms with Gasteiger partial charge in [0.1, 0.15) is 24.4 Å². The molecule has 1 saturated heterocycles. The lowest BCUT2D eigenvalue weighted by Crippen LogP contribution is -2.60. The standard InChI is InChI=1S/C20H20FNO6/c21-13-9-12(22-8-7-11-3-1-2-4-14(11)22)5-6-15(13)27-20-19(26)18(25)17(24)16(10-23)28-20/h1-9,16-20,23-26H,10H2/t16?,17-,18?,19?,20+/m1/s1. The maximum Gasteiger partial charge on any atom is 0.229 e. The van der Waals surface area contributed by atoms with E-state index in [-0.39, 0.29) is 5.75 Å². The first kappa shape index (κ1) is 18.9. The van der Waals surface area contributed by atoms with Crippen molar-refractivity contribution in [1.82, 2.24) is 4.57 Å². The SMILES string of the molecule is OCC1O[C@H](Oc2ccc(-n3ccc4ccccc43)cc2F)C(O)C(O)[C@@H]1O. The highest BCUT2D eigenvalue weighted by atomic mass is 19.1. The third-order valence-electron chi connectivity index (χ3n) is 4.88. The summed E-state index contributed by atoms with van der Waals surface area (Å²) >= 11 is 0. The summed E-state index contributed by atoms with van der Waals surface area (Å²) in [5.74, 6) is -0.878. The number of aliphatic hydroxyl groups excluding tert-OH is 4. The second kappa shape index (κ2) is 7.50. The van der Waals surface area contributed by atoms with Crippen LogP contribution < -0.4 is 4.74 Å². The minimum absolute atomic E-state index is 0.190. The molecule has 0 aliphatic carbocycles. The number of hydrogen-bond acceptors (Lipinski definition) is 6. The van der Waals surface area contributed by atoms with E-state index in [2.05, 4.69) is 0 Å². The Balaban J connectivity index is 1.58. The van der Waals surface area contributed by atoms with Gasteiger partial charge in [0.05, 0.1) is 12.1 Å². The van der Waals surface area contributed by atoms with Crippen LogP contribution in [-0.4, -0.2) is 62.3 Å². The highest BCUT2D eigenvalue weighted by Gasteiger charge is 2.44. The van der Waals surface area contributed by atoms with E-state index in [1.807, 2.05) is 41.1 Å². The number of ether oxygens (including phenoxy) is 2. The molecule has 7 nitrogen and oxygen atoms in total. The van der Waals surface area contributed by atoms with E-state index < -0.39 is 43.1 Å². The molecule has 0 bridgehead atoms. The van der Waals surface area contributed by atoms with Gasteiger partial charge in [-0.05, 0) is 29.7 Å². The summed E-state index contributed by atoms with van der Waals surface area (Å²) in [7, 11) is 0. The van der Waals surface area contributed by atoms with E-state index in [1.54, 1.807) is 6.07 Å². The smallest absolute Gasteiger partial charge is 0.229 e. The molecule has 3 unspecified atom stereocenters. The molecule has 148 valence electrons. The van der Waals surface area contributed by atoms with Crippen molar-refractivity contribution in [2.75, 3.05) is 6.61 Å². The lowest BCUT2D eigenvalue weighted by atomic mass is 9.99. The maximum atomic E-state index is 14.6. The fourth-order valence-corrected chi connectivity index (χ4v) is 3.33. The van der Waals surface area contributed by atoms with Crippen LogP contribution in [0.25, 0.3) is 16.6 Å². The largest absolute Gasteiger partial charge is 0.459 e. The number of fused-ring (bicyclic) bond motifs is 1. The number of hydrogen-bond donors (Lipinski definition) is 4. The Labute approximate surface area is 159 Å². The number of benzene rings is 2. The molecule has 2 heterocycles. The average molecular weight is 389 g/mol. The molecule has 4 N–H and O–H groups in total. The fraction of sp³-hybridized carbons (Fsp3) is 0.300. The zero-order valence-corrected chi connectivity index (χ0v) is 14.7. The summed E-state index contributed by atoms with van der Waals surface area (Å²) < 4.78 is 27.1. The number of nitrogens with zero attached hydrogens (tertiary/aromatic N) is 1. The zero-order valence-electron chi connectivity index (χ0n) is 14.7. The quantitative estimate of drug-likeness (QED) is 0.530. The van der Waals surface area contributed by atoms with Crippen molar-refractivity contribution in [2.24, 2.45) is 0 Å². The molecular formula is C20H20FNO6. The molecule has 3 aromatic rings. The summed E-state index contributed by atoms with van der Waals surface area (Å²) in [5, 5.41) is 39.9. The fourth-order valence-electron chi connectivity index (χ4n) is 3.33. The van der Waals surface area contributed by atoms with Gasteiger partial charge in [0.25, 0.3) is 0 Å². The Kier molecular flexibility index (Phi) is 5.05. The molecule has 4 rings (SSSR count). The maximum absolute atomic E-state index is 14.6. The minimum atomic E-state index is -1.61. The van der Waals surface area contributed by atoms with Crippen molar-refractivity contribution in [3.63, 3.8) is 0 Å². The van der Waals surface area contributed by atoms with Crippen LogP contribution >= 0.6 is 0 Å². The van der Waals surface area contributed by atoms with Gasteiger partial charge in [-0.25, -0.2) is 4.39 Å². The van der Waals surface area contributed by atoms with E-state index >= 15 is 0 Å². The molecule has 1 aliphatic rings. The third-order valence-corrected chi connectivity index (χ3v) is 4.88. The van der Waals surface area contributed by atoms with Gasteiger partial charge >= 0.3 is 0 Å². The van der Waals surface area contributed by atoms with Crippen LogP contribution in [0.4, 0.5) is 4.39 Å². The Morgan fingerprint density at radius 2 is 1.79 bits per heavy atom. The molecule has 5 atom stereocenters. The monoisotopic (exact) mass is 389 g/mol. The van der Waals surface area contributed by atoms with Crippen LogP contribution in [-0.2, 0) is 4.74 Å². The first-order valence-corrected chi connectivity index (χ1v) is 8.83. The van der Waals surface area contributed by atoms with Crippen LogP contribution in [0.15, 0.2) is 54.7 Å². The van der Waals surface area contributed by atoms with Crippen molar-refractivity contribution in [3.05, 3.63) is 60.5 Å². The predicted molar refractivity (Wildman–Crippen MR) is 97.6 cm³/mol. The highest BCUT2D eigenvalue weighted by molar-refractivity contribution is 5.81. The highest BCUT2D eigenvalue weighted by Crippen LogP contribution is 2.28. The van der Waals surface area contributed by atoms with Crippen molar-refractivity contribution in [1.29, 1.82) is 0 Å². The number of aromatic nitrogens is 1. The zero-order chi connectivity index (χ0) is 19.8. The normalized spacial score (nSPS) is 27.8. The summed E-state index contributed by atoms with van der Waals surface area (Å²) in [5.41, 5.74) is 1.50. The van der Waals surface area contributed by atoms with Gasteiger partial charge in [0.2, 0.25) is 6.29 Å². The average Bonchev–Trinajstić information content (AvgIpc) is 3.14. The van der Waals surface area contributed by atoms with Gasteiger partial charge in [-0.1, -0.05) is 18.2 Å². The molecule has 1 aliphatic heterocycles. The van der Waals surface area contributed by atoms with E-state index in [4.69, 9.17) is 9.47 Å². The number of halogens is 1. The molecule has 8 heteroatoms. The lowest BCUT2D eigenvalue weighted by molar-refractivity contribution is -0.277. The van der Waals surface area contributed by atoms with E-state index in [9.17, 15) is 24.8 Å². The number of para-hydroxylation sites is 1. The van der Waals surface area contributed by atoms with Crippen molar-refractivity contribution in [3.8, 4) is 11.4 Å². The molecule has 0 radical (unpaired) electrons. The second-order valence-electron chi connectivity index (χ2n) is 6.67. The molecule has 28 heavy (non-hydrogen) atoms. The van der Waals surface area contributed by atoms with Crippen LogP contribution in [0.2, 0.25) is 0 Å². The van der Waals surface area contributed by atoms with Crippen LogP contribution in [0.3, 0.4) is 0 Å². The van der Waals surface area contributed by atoms with Crippen molar-refractivity contribution in [2.45, 2.75) is 30.7 Å². The Bertz CT molecular complexity index is 974. The van der Waals surface area contributed by atoms with Gasteiger partial charge in [0, 0.05) is 18.0 Å². The Morgan fingerprint density at radius 1 is 1.00 bits per heavy atom.